The van der Waals surface area contributed by atoms with E-state index in [1.165, 1.54) is 64.4 Å². The zero-order chi connectivity index (χ0) is 64.8. The van der Waals surface area contributed by atoms with E-state index in [4.69, 9.17) is 0 Å². The fourth-order valence-electron chi connectivity index (χ4n) is 13.5. The van der Waals surface area contributed by atoms with Crippen molar-refractivity contribution in [3.05, 3.63) is 12.3 Å². The number of ether oxygens (including phenoxy) is 1. The number of amides is 6. The monoisotopic (exact) mass is 1220 g/mol. The SMILES string of the molecule is C=C(CC)N1C[C@@H]2C[C@H]1CN2C(C)C.CC(=O)N1CCC(C(C)C)CC1.CC(C)N1CC(F)(F)C1.CCC(=O)N1CCC(C(C)C)CC1.CCC(=O)N1CCC12CN(C(C)C)C2.CNC(=O)N1CCC(C)CC1.COC(=O)N1CCC(C(C)C)CC1. The number of urea groups is 1. The summed E-state index contributed by atoms with van der Waals surface area (Å²) in [5, 5.41) is 2.64. The third-order valence-corrected chi connectivity index (χ3v) is 20.3. The molecule has 9 fully saturated rings. The number of carbonyl (C=O) groups excluding carboxylic acids is 5. The highest BCUT2D eigenvalue weighted by molar-refractivity contribution is 5.78. The first-order chi connectivity index (χ1) is 40.4. The summed E-state index contributed by atoms with van der Waals surface area (Å²) in [6.45, 7) is 53.6. The van der Waals surface area contributed by atoms with Crippen LogP contribution in [0.15, 0.2) is 12.3 Å². The van der Waals surface area contributed by atoms with Gasteiger partial charge < -0.3 is 39.5 Å². The van der Waals surface area contributed by atoms with Crippen molar-refractivity contribution in [3.8, 4) is 0 Å². The van der Waals surface area contributed by atoms with E-state index < -0.39 is 5.92 Å². The number of hydrogen-bond acceptors (Lipinski definition) is 10. The summed E-state index contributed by atoms with van der Waals surface area (Å²) in [7, 11) is 3.12. The van der Waals surface area contributed by atoms with E-state index in [2.05, 4.69) is 119 Å². The summed E-state index contributed by atoms with van der Waals surface area (Å²) in [4.78, 5) is 75.3. The zero-order valence-corrected chi connectivity index (χ0v) is 58.2. The first-order valence-corrected chi connectivity index (χ1v) is 34.1. The van der Waals surface area contributed by atoms with E-state index in [-0.39, 0.29) is 42.7 Å². The van der Waals surface area contributed by atoms with Crippen molar-refractivity contribution < 1.29 is 37.5 Å². The van der Waals surface area contributed by atoms with Crippen LogP contribution >= 0.6 is 0 Å². The molecule has 9 saturated heterocycles. The molecule has 6 amide bonds. The van der Waals surface area contributed by atoms with Gasteiger partial charge in [-0.3, -0.25) is 29.1 Å². The number of nitrogens with zero attached hydrogens (tertiary/aromatic N) is 9. The van der Waals surface area contributed by atoms with Crippen LogP contribution in [0, 0.1) is 41.4 Å². The normalized spacial score (nSPS) is 23.2. The van der Waals surface area contributed by atoms with Crippen molar-refractivity contribution in [1.29, 1.82) is 0 Å². The largest absolute Gasteiger partial charge is 0.453 e. The van der Waals surface area contributed by atoms with Gasteiger partial charge in [0.2, 0.25) is 17.7 Å². The van der Waals surface area contributed by atoms with E-state index in [9.17, 15) is 32.8 Å². The molecule has 9 aliphatic rings. The molecule has 0 aromatic rings. The summed E-state index contributed by atoms with van der Waals surface area (Å²) in [6.07, 6.45) is 14.1. The van der Waals surface area contributed by atoms with Crippen LogP contribution in [-0.2, 0) is 19.1 Å². The lowest BCUT2D eigenvalue weighted by molar-refractivity contribution is -0.169. The smallest absolute Gasteiger partial charge is 0.409 e. The van der Waals surface area contributed by atoms with Gasteiger partial charge in [-0.25, -0.2) is 18.4 Å². The number of rotatable bonds is 10. The van der Waals surface area contributed by atoms with Crippen molar-refractivity contribution in [2.75, 3.05) is 112 Å². The van der Waals surface area contributed by atoms with Crippen molar-refractivity contribution in [2.24, 2.45) is 41.4 Å². The van der Waals surface area contributed by atoms with E-state index in [0.29, 0.717) is 36.7 Å². The Bertz CT molecular complexity index is 1960. The van der Waals surface area contributed by atoms with Gasteiger partial charge in [0, 0.05) is 148 Å². The fraction of sp³-hybridized carbons (Fsp3) is 0.897. The van der Waals surface area contributed by atoms with Gasteiger partial charge in [0.15, 0.2) is 0 Å². The van der Waals surface area contributed by atoms with E-state index in [1.807, 2.05) is 42.4 Å². The van der Waals surface area contributed by atoms with Crippen LogP contribution in [0.2, 0.25) is 0 Å². The average Bonchev–Trinajstić information content (AvgIpc) is 1.18. The quantitative estimate of drug-likeness (QED) is 0.225. The first-order valence-electron chi connectivity index (χ1n) is 34.1. The third-order valence-electron chi connectivity index (χ3n) is 20.3. The van der Waals surface area contributed by atoms with Gasteiger partial charge in [0.25, 0.3) is 5.92 Å². The number of methoxy groups -OCH3 is 1. The van der Waals surface area contributed by atoms with Crippen LogP contribution in [0.3, 0.4) is 0 Å². The van der Waals surface area contributed by atoms with Crippen molar-refractivity contribution in [3.63, 3.8) is 0 Å². The van der Waals surface area contributed by atoms with E-state index in [0.717, 1.165) is 158 Å². The molecule has 0 aromatic heterocycles. The zero-order valence-electron chi connectivity index (χ0n) is 58.2. The number of allylic oxidation sites excluding steroid dienone is 1. The van der Waals surface area contributed by atoms with Gasteiger partial charge in [0.05, 0.1) is 25.7 Å². The molecule has 86 heavy (non-hydrogen) atoms. The predicted octanol–water partition coefficient (Wildman–Crippen LogP) is 11.9. The van der Waals surface area contributed by atoms with Crippen LogP contribution in [-0.4, -0.2) is 228 Å². The molecule has 2 atom stereocenters. The molecule has 9 rings (SSSR count). The number of carbonyl (C=O) groups is 5. The average molecular weight is 1220 g/mol. The molecule has 0 saturated carbocycles. The summed E-state index contributed by atoms with van der Waals surface area (Å²) in [5.41, 5.74) is 1.58. The Labute approximate surface area is 523 Å². The maximum Gasteiger partial charge on any atom is 0.409 e. The number of alkyl halides is 2. The molecule has 500 valence electrons. The molecular weight excluding hydrogens is 1090 g/mol. The number of nitrogens with one attached hydrogen (secondary N) is 1. The number of piperazine rings is 1. The van der Waals surface area contributed by atoms with Gasteiger partial charge in [-0.1, -0.05) is 75.8 Å². The molecule has 1 spiro atoms. The standard InChI is InChI=1S/C12H22N2.C11H20N2O.C11H21NO.C10H19NO2.C10H19NO.C8H16N2O.C6H11F2N/c1-5-10(4)14-8-11-6-12(14)7-13(11)9(2)3;1-4-10(14)13-6-5-11(13)7-12(8-11)9(2)3;1-4-11(13)12-7-5-10(6-8-12)9(2)3;1-8(2)9-4-6-11(7-5-9)10(12)13-3;1-8(2)10-4-6-11(7-5-10)9(3)12;1-7-3-5-10(6-4-7)8(11)9-2;1-5(2)9-3-6(7,8)4-9/h9,11-12H,4-8H2,1-3H3;9H,4-8H2,1-3H3;9-10H,4-8H2,1-3H3;8-9H,4-7H2,1-3H3;8,10H,4-7H2,1-3H3;7H,3-6H2,1-2H3,(H,9,11);5H,3-4H2,1-2H3/t11-,12-;;;;;;/m0....../s1. The molecule has 0 radical (unpaired) electrons. The minimum atomic E-state index is -2.40. The van der Waals surface area contributed by atoms with Gasteiger partial charge >= 0.3 is 12.1 Å². The number of piperidine rings is 4. The number of fused-ring (bicyclic) bond motifs is 2. The van der Waals surface area contributed by atoms with Crippen LogP contribution in [0.25, 0.3) is 0 Å². The minimum absolute atomic E-state index is 0.0509. The molecule has 0 aromatic carbocycles. The van der Waals surface area contributed by atoms with Gasteiger partial charge in [-0.05, 0) is 154 Å². The second kappa shape index (κ2) is 36.8. The molecule has 2 bridgehead atoms. The fourth-order valence-corrected chi connectivity index (χ4v) is 13.5. The predicted molar refractivity (Wildman–Crippen MR) is 348 cm³/mol. The molecule has 16 nitrogen and oxygen atoms in total. The summed E-state index contributed by atoms with van der Waals surface area (Å²) < 4.78 is 28.9. The van der Waals surface area contributed by atoms with E-state index in [1.54, 1.807) is 23.8 Å². The highest BCUT2D eigenvalue weighted by atomic mass is 19.3. The third kappa shape index (κ3) is 23.6. The molecule has 9 heterocycles. The Balaban J connectivity index is 0.000000264. The number of halogens is 2. The Morgan fingerprint density at radius 1 is 0.558 bits per heavy atom. The summed E-state index contributed by atoms with van der Waals surface area (Å²) in [5.74, 6) is 4.01. The topological polar surface area (TPSA) is 136 Å². The lowest BCUT2D eigenvalue weighted by Gasteiger charge is -2.63. The highest BCUT2D eigenvalue weighted by Gasteiger charge is 2.55. The molecule has 0 unspecified atom stereocenters. The summed E-state index contributed by atoms with van der Waals surface area (Å²) in [6, 6.07) is 3.22. The van der Waals surface area contributed by atoms with Gasteiger partial charge in [-0.2, -0.15) is 0 Å². The second-order valence-corrected chi connectivity index (χ2v) is 28.3. The second-order valence-electron chi connectivity index (χ2n) is 28.3. The van der Waals surface area contributed by atoms with Crippen LogP contribution in [0.4, 0.5) is 18.4 Å². The number of likely N-dealkylation sites (tertiary alicyclic amines) is 9. The Hall–Kier alpha value is -3.77. The molecule has 1 N–H and O–H groups in total. The van der Waals surface area contributed by atoms with Crippen molar-refractivity contribution in [2.45, 2.75) is 243 Å². The lowest BCUT2D eigenvalue weighted by atomic mass is 9.76. The molecule has 9 aliphatic heterocycles. The van der Waals surface area contributed by atoms with Crippen molar-refractivity contribution in [1.82, 2.24) is 49.4 Å². The van der Waals surface area contributed by atoms with E-state index >= 15 is 0 Å². The Morgan fingerprint density at radius 2 is 0.988 bits per heavy atom. The maximum atomic E-state index is 12.1. The van der Waals surface area contributed by atoms with Crippen molar-refractivity contribution >= 4 is 29.8 Å². The molecular formula is C68H128F2N10O6. The molecule has 0 aliphatic carbocycles. The van der Waals surface area contributed by atoms with Crippen LogP contribution < -0.4 is 5.32 Å². The first kappa shape index (κ1) is 76.5. The summed E-state index contributed by atoms with van der Waals surface area (Å²) >= 11 is 0. The highest BCUT2D eigenvalue weighted by Crippen LogP contribution is 2.40. The van der Waals surface area contributed by atoms with Crippen LogP contribution in [0.1, 0.15) is 201 Å². The Kier molecular flexibility index (Phi) is 32.7. The minimum Gasteiger partial charge on any atom is -0.453 e. The Morgan fingerprint density at radius 3 is 1.30 bits per heavy atom. The maximum absolute atomic E-state index is 12.1. The van der Waals surface area contributed by atoms with Gasteiger partial charge in [-0.15, -0.1) is 0 Å². The van der Waals surface area contributed by atoms with Gasteiger partial charge in [0.1, 0.15) is 0 Å². The molecule has 18 heteroatoms. The van der Waals surface area contributed by atoms with Crippen LogP contribution in [0.5, 0.6) is 0 Å². The number of hydrogen-bond donors (Lipinski definition) is 1. The lowest BCUT2D eigenvalue weighted by Crippen LogP contribution is -2.78.